The van der Waals surface area contributed by atoms with Crippen molar-refractivity contribution in [3.8, 4) is 6.07 Å². The largest absolute Gasteiger partial charge is 0.478 e. The Labute approximate surface area is 179 Å². The number of piperazine rings is 1. The van der Waals surface area contributed by atoms with Crippen LogP contribution in [-0.2, 0) is 12.7 Å². The Kier molecular flexibility index (Phi) is 6.47. The molecule has 32 heavy (non-hydrogen) atoms. The van der Waals surface area contributed by atoms with E-state index in [0.29, 0.717) is 11.6 Å². The molecule has 1 aliphatic heterocycles. The molecule has 2 heterocycles. The smallest absolute Gasteiger partial charge is 0.434 e. The van der Waals surface area contributed by atoms with E-state index in [-0.39, 0.29) is 44.1 Å². The molecule has 2 amide bonds. The molecule has 0 spiro atoms. The van der Waals surface area contributed by atoms with Gasteiger partial charge in [-0.05, 0) is 23.8 Å². The molecule has 0 aliphatic carbocycles. The van der Waals surface area contributed by atoms with Gasteiger partial charge in [0.05, 0.1) is 11.1 Å². The molecule has 0 atom stereocenters. The summed E-state index contributed by atoms with van der Waals surface area (Å²) in [5.41, 5.74) is -2.43. The number of anilines is 1. The van der Waals surface area contributed by atoms with Crippen LogP contribution in [0, 0.1) is 17.1 Å². The number of carbonyl (C=O) groups is 2. The molecule has 3 rings (SSSR count). The zero-order valence-electron chi connectivity index (χ0n) is 16.5. The zero-order valence-corrected chi connectivity index (χ0v) is 16.5. The molecule has 0 bridgehead atoms. The van der Waals surface area contributed by atoms with Crippen molar-refractivity contribution in [2.75, 3.05) is 31.1 Å². The number of nitriles is 1. The third-order valence-electron chi connectivity index (χ3n) is 4.82. The number of pyridine rings is 1. The average Bonchev–Trinajstić information content (AvgIpc) is 2.76. The summed E-state index contributed by atoms with van der Waals surface area (Å²) in [6.45, 7) is 0.521. The van der Waals surface area contributed by atoms with Gasteiger partial charge in [-0.2, -0.15) is 18.4 Å². The molecule has 2 N–H and O–H groups in total. The lowest BCUT2D eigenvalue weighted by Crippen LogP contribution is -2.52. The highest BCUT2D eigenvalue weighted by Gasteiger charge is 2.39. The Morgan fingerprint density at radius 2 is 1.88 bits per heavy atom. The number of carbonyl (C=O) groups excluding carboxylic acids is 1. The number of alkyl halides is 3. The first kappa shape index (κ1) is 22.8. The van der Waals surface area contributed by atoms with Crippen LogP contribution in [0.1, 0.15) is 27.2 Å². The zero-order chi connectivity index (χ0) is 23.5. The molecule has 8 nitrogen and oxygen atoms in total. The number of nitrogens with one attached hydrogen (secondary N) is 1. The summed E-state index contributed by atoms with van der Waals surface area (Å²) in [4.78, 5) is 29.8. The molecule has 1 fully saturated rings. The molecule has 12 heteroatoms. The van der Waals surface area contributed by atoms with Crippen molar-refractivity contribution < 1.29 is 32.3 Å². The molecule has 0 saturated carbocycles. The molecule has 2 aromatic rings. The number of urea groups is 1. The lowest BCUT2D eigenvalue weighted by atomic mass is 10.1. The van der Waals surface area contributed by atoms with Crippen LogP contribution in [0.25, 0.3) is 0 Å². The summed E-state index contributed by atoms with van der Waals surface area (Å²) in [6, 6.07) is 7.64. The second-order valence-electron chi connectivity index (χ2n) is 6.93. The number of hydrogen-bond acceptors (Lipinski definition) is 5. The van der Waals surface area contributed by atoms with Crippen molar-refractivity contribution in [3.63, 3.8) is 0 Å². The van der Waals surface area contributed by atoms with Crippen molar-refractivity contribution >= 4 is 17.8 Å². The minimum atomic E-state index is -5.02. The lowest BCUT2D eigenvalue weighted by Gasteiger charge is -2.36. The van der Waals surface area contributed by atoms with E-state index in [0.717, 1.165) is 0 Å². The van der Waals surface area contributed by atoms with E-state index in [1.807, 2.05) is 0 Å². The summed E-state index contributed by atoms with van der Waals surface area (Å²) < 4.78 is 53.1. The van der Waals surface area contributed by atoms with E-state index < -0.39 is 35.3 Å². The summed E-state index contributed by atoms with van der Waals surface area (Å²) in [6.07, 6.45) is -5.02. The Morgan fingerprint density at radius 1 is 1.19 bits per heavy atom. The fraction of sp³-hybridized carbons (Fsp3) is 0.300. The third-order valence-corrected chi connectivity index (χ3v) is 4.82. The summed E-state index contributed by atoms with van der Waals surface area (Å²) in [5.74, 6) is -2.56. The SMILES string of the molecule is N#Cc1cc(C(=O)O)c(C(F)(F)F)nc1N1CCN(C(=O)NCc2cccc(F)c2)CC1. The maximum atomic E-state index is 13.3. The predicted molar refractivity (Wildman–Crippen MR) is 103 cm³/mol. The van der Waals surface area contributed by atoms with Gasteiger partial charge in [-0.15, -0.1) is 0 Å². The van der Waals surface area contributed by atoms with Crippen LogP contribution in [-0.4, -0.2) is 53.2 Å². The van der Waals surface area contributed by atoms with E-state index >= 15 is 0 Å². The number of amides is 2. The first-order valence-electron chi connectivity index (χ1n) is 9.38. The number of carboxylic acids is 1. The first-order valence-corrected chi connectivity index (χ1v) is 9.38. The van der Waals surface area contributed by atoms with E-state index in [4.69, 9.17) is 5.11 Å². The van der Waals surface area contributed by atoms with E-state index in [1.165, 1.54) is 28.0 Å². The van der Waals surface area contributed by atoms with E-state index in [9.17, 15) is 32.4 Å². The maximum absolute atomic E-state index is 13.3. The number of aromatic carboxylic acids is 1. The average molecular weight is 451 g/mol. The maximum Gasteiger partial charge on any atom is 0.434 e. The topological polar surface area (TPSA) is 110 Å². The van der Waals surface area contributed by atoms with Crippen LogP contribution in [0.5, 0.6) is 0 Å². The van der Waals surface area contributed by atoms with Crippen molar-refractivity contribution in [2.45, 2.75) is 12.7 Å². The highest BCUT2D eigenvalue weighted by Crippen LogP contribution is 2.34. The number of benzene rings is 1. The number of hydrogen-bond donors (Lipinski definition) is 2. The van der Waals surface area contributed by atoms with Gasteiger partial charge in [0.2, 0.25) is 0 Å². The molecule has 1 aromatic heterocycles. The van der Waals surface area contributed by atoms with Gasteiger partial charge in [0.25, 0.3) is 0 Å². The van der Waals surface area contributed by atoms with Crippen molar-refractivity contribution in [1.29, 1.82) is 5.26 Å². The Balaban J connectivity index is 1.71. The fourth-order valence-electron chi connectivity index (χ4n) is 3.26. The van der Waals surface area contributed by atoms with Gasteiger partial charge in [0.1, 0.15) is 17.7 Å². The number of halogens is 4. The molecular weight excluding hydrogens is 434 g/mol. The van der Waals surface area contributed by atoms with Gasteiger partial charge in [-0.25, -0.2) is 19.0 Å². The minimum Gasteiger partial charge on any atom is -0.478 e. The highest BCUT2D eigenvalue weighted by molar-refractivity contribution is 5.90. The summed E-state index contributed by atoms with van der Waals surface area (Å²) in [5, 5.41) is 21.0. The number of rotatable bonds is 4. The van der Waals surface area contributed by atoms with Crippen LogP contribution in [0.3, 0.4) is 0 Å². The quantitative estimate of drug-likeness (QED) is 0.692. The van der Waals surface area contributed by atoms with Gasteiger partial charge in [-0.1, -0.05) is 12.1 Å². The summed E-state index contributed by atoms with van der Waals surface area (Å²) >= 11 is 0. The Morgan fingerprint density at radius 3 is 2.44 bits per heavy atom. The molecule has 1 aromatic carbocycles. The third kappa shape index (κ3) is 5.05. The fourth-order valence-corrected chi connectivity index (χ4v) is 3.26. The van der Waals surface area contributed by atoms with E-state index in [1.54, 1.807) is 12.1 Å². The molecule has 168 valence electrons. The van der Waals surface area contributed by atoms with Crippen LogP contribution < -0.4 is 10.2 Å². The van der Waals surface area contributed by atoms with Gasteiger partial charge < -0.3 is 20.2 Å². The molecule has 0 unspecified atom stereocenters. The molecular formula is C20H17F4N5O3. The van der Waals surface area contributed by atoms with Crippen LogP contribution in [0.15, 0.2) is 30.3 Å². The highest BCUT2D eigenvalue weighted by atomic mass is 19.4. The van der Waals surface area contributed by atoms with Crippen LogP contribution >= 0.6 is 0 Å². The predicted octanol–water partition coefficient (Wildman–Crippen LogP) is 2.84. The second kappa shape index (κ2) is 9.09. The number of carboxylic acid groups (broad SMARTS) is 1. The minimum absolute atomic E-state index is 0.0821. The summed E-state index contributed by atoms with van der Waals surface area (Å²) in [7, 11) is 0. The molecule has 0 radical (unpaired) electrons. The van der Waals surface area contributed by atoms with Gasteiger partial charge in [0, 0.05) is 32.7 Å². The van der Waals surface area contributed by atoms with Crippen molar-refractivity contribution in [3.05, 3.63) is 58.5 Å². The molecule has 1 saturated heterocycles. The number of nitrogens with zero attached hydrogens (tertiary/aromatic N) is 4. The normalized spacial score (nSPS) is 14.1. The van der Waals surface area contributed by atoms with Gasteiger partial charge in [-0.3, -0.25) is 0 Å². The Bertz CT molecular complexity index is 1080. The van der Waals surface area contributed by atoms with Gasteiger partial charge >= 0.3 is 18.2 Å². The Hall–Kier alpha value is -3.88. The molecule has 1 aliphatic rings. The lowest BCUT2D eigenvalue weighted by molar-refractivity contribution is -0.141. The second-order valence-corrected chi connectivity index (χ2v) is 6.93. The first-order chi connectivity index (χ1) is 15.1. The van der Waals surface area contributed by atoms with Crippen molar-refractivity contribution in [2.24, 2.45) is 0 Å². The number of aromatic nitrogens is 1. The van der Waals surface area contributed by atoms with Crippen LogP contribution in [0.2, 0.25) is 0 Å². The van der Waals surface area contributed by atoms with Crippen molar-refractivity contribution in [1.82, 2.24) is 15.2 Å². The van der Waals surface area contributed by atoms with Crippen LogP contribution in [0.4, 0.5) is 28.2 Å². The van der Waals surface area contributed by atoms with E-state index in [2.05, 4.69) is 10.3 Å². The monoisotopic (exact) mass is 451 g/mol. The van der Waals surface area contributed by atoms with Gasteiger partial charge in [0.15, 0.2) is 5.69 Å². The standard InChI is InChI=1S/C20H17F4N5O3/c21-14-3-1-2-12(8-14)11-26-19(32)29-6-4-28(5-7-29)17-13(10-25)9-15(18(30)31)16(27-17)20(22,23)24/h1-3,8-9H,4-7,11H2,(H,26,32)(H,30,31).